The number of fused-ring (bicyclic) bond motifs is 1. The van der Waals surface area contributed by atoms with E-state index in [0.29, 0.717) is 34.1 Å². The lowest BCUT2D eigenvalue weighted by Gasteiger charge is -2.31. The fourth-order valence-electron chi connectivity index (χ4n) is 3.67. The highest BCUT2D eigenvalue weighted by Crippen LogP contribution is 2.38. The van der Waals surface area contributed by atoms with Crippen molar-refractivity contribution in [2.24, 2.45) is 5.41 Å². The quantitative estimate of drug-likeness (QED) is 0.531. The third-order valence-electron chi connectivity index (χ3n) is 5.28. The van der Waals surface area contributed by atoms with Crippen molar-refractivity contribution in [2.45, 2.75) is 40.3 Å². The van der Waals surface area contributed by atoms with Gasteiger partial charge in [0.1, 0.15) is 22.9 Å². The third-order valence-corrected chi connectivity index (χ3v) is 5.63. The molecule has 0 bridgehead atoms. The summed E-state index contributed by atoms with van der Waals surface area (Å²) in [5.41, 5.74) is 0.239. The van der Waals surface area contributed by atoms with Crippen LogP contribution in [0.5, 0.6) is 0 Å². The van der Waals surface area contributed by atoms with Crippen molar-refractivity contribution >= 4 is 34.6 Å². The topological polar surface area (TPSA) is 100 Å². The predicted octanol–water partition coefficient (Wildman–Crippen LogP) is 4.02. The molecule has 0 unspecified atom stereocenters. The first-order valence-electron chi connectivity index (χ1n) is 9.60. The maximum absolute atomic E-state index is 12.4. The number of halogens is 1. The normalized spacial score (nSPS) is 14.5. The van der Waals surface area contributed by atoms with Crippen LogP contribution in [-0.4, -0.2) is 5.91 Å². The Labute approximate surface area is 178 Å². The average molecular weight is 428 g/mol. The van der Waals surface area contributed by atoms with E-state index < -0.39 is 10.9 Å². The summed E-state index contributed by atoms with van der Waals surface area (Å²) in [7, 11) is 0. The first-order chi connectivity index (χ1) is 14.1. The summed E-state index contributed by atoms with van der Waals surface area (Å²) < 4.78 is 5.78. The van der Waals surface area contributed by atoms with E-state index in [9.17, 15) is 14.4 Å². The molecule has 3 aromatic rings. The van der Waals surface area contributed by atoms with Crippen LogP contribution in [0.15, 0.2) is 38.3 Å². The van der Waals surface area contributed by atoms with E-state index in [1.165, 1.54) is 0 Å². The number of furan rings is 1. The SMILES string of the molecule is Cc1ccc([C@H](Nc2c(Nc3ccc(Cl)c4c3C(=O)NC4)c(=O)c2=O)C(C)(C)C)o1. The Morgan fingerprint density at radius 1 is 1.07 bits per heavy atom. The number of hydrogen-bond donors (Lipinski definition) is 3. The van der Waals surface area contributed by atoms with Gasteiger partial charge in [-0.15, -0.1) is 0 Å². The lowest BCUT2D eigenvalue weighted by Crippen LogP contribution is -2.39. The molecule has 2 aromatic carbocycles. The summed E-state index contributed by atoms with van der Waals surface area (Å²) in [4.78, 5) is 37.0. The Kier molecular flexibility index (Phi) is 4.73. The third kappa shape index (κ3) is 3.29. The van der Waals surface area contributed by atoms with Crippen LogP contribution in [0.2, 0.25) is 5.02 Å². The molecule has 3 N–H and O–H groups in total. The predicted molar refractivity (Wildman–Crippen MR) is 117 cm³/mol. The second kappa shape index (κ2) is 7.02. The number of amides is 1. The van der Waals surface area contributed by atoms with Crippen LogP contribution in [0.3, 0.4) is 0 Å². The summed E-state index contributed by atoms with van der Waals surface area (Å²) in [6.07, 6.45) is 0. The molecule has 0 radical (unpaired) electrons. The van der Waals surface area contributed by atoms with E-state index in [0.717, 1.165) is 5.76 Å². The smallest absolute Gasteiger partial charge is 0.254 e. The van der Waals surface area contributed by atoms with Crippen molar-refractivity contribution in [2.75, 3.05) is 10.6 Å². The first-order valence-corrected chi connectivity index (χ1v) is 9.98. The number of aryl methyl sites for hydroxylation is 1. The van der Waals surface area contributed by atoms with Gasteiger partial charge in [0.15, 0.2) is 0 Å². The van der Waals surface area contributed by atoms with E-state index in [2.05, 4.69) is 16.0 Å². The van der Waals surface area contributed by atoms with Gasteiger partial charge in [0, 0.05) is 17.1 Å². The molecule has 0 spiro atoms. The van der Waals surface area contributed by atoms with Crippen molar-refractivity contribution in [3.63, 3.8) is 0 Å². The second-order valence-corrected chi connectivity index (χ2v) is 8.96. The van der Waals surface area contributed by atoms with Crippen LogP contribution in [0.25, 0.3) is 0 Å². The zero-order valence-corrected chi connectivity index (χ0v) is 17.9. The van der Waals surface area contributed by atoms with Gasteiger partial charge in [-0.3, -0.25) is 14.4 Å². The van der Waals surface area contributed by atoms with Gasteiger partial charge in [-0.2, -0.15) is 0 Å². The Bertz CT molecular complexity index is 1230. The van der Waals surface area contributed by atoms with E-state index in [-0.39, 0.29) is 28.7 Å². The van der Waals surface area contributed by atoms with E-state index in [1.54, 1.807) is 12.1 Å². The van der Waals surface area contributed by atoms with Crippen molar-refractivity contribution in [3.8, 4) is 0 Å². The zero-order valence-electron chi connectivity index (χ0n) is 17.1. The van der Waals surface area contributed by atoms with Crippen LogP contribution in [0, 0.1) is 12.3 Å². The largest absolute Gasteiger partial charge is 0.464 e. The number of hydrogen-bond acceptors (Lipinski definition) is 6. The minimum absolute atomic E-state index is 0.127. The number of rotatable bonds is 5. The molecule has 8 heteroatoms. The summed E-state index contributed by atoms with van der Waals surface area (Å²) in [6, 6.07) is 6.66. The Morgan fingerprint density at radius 2 is 1.77 bits per heavy atom. The van der Waals surface area contributed by atoms with Gasteiger partial charge in [0.2, 0.25) is 0 Å². The molecule has 1 atom stereocenters. The maximum atomic E-state index is 12.4. The maximum Gasteiger partial charge on any atom is 0.254 e. The summed E-state index contributed by atoms with van der Waals surface area (Å²) in [5.74, 6) is 1.15. The van der Waals surface area contributed by atoms with Crippen LogP contribution in [0.1, 0.15) is 54.3 Å². The fourth-order valence-corrected chi connectivity index (χ4v) is 3.89. The molecule has 156 valence electrons. The highest BCUT2D eigenvalue weighted by Gasteiger charge is 2.33. The van der Waals surface area contributed by atoms with Crippen molar-refractivity contribution in [1.29, 1.82) is 0 Å². The van der Waals surface area contributed by atoms with Crippen LogP contribution in [-0.2, 0) is 6.54 Å². The minimum atomic E-state index is -0.636. The van der Waals surface area contributed by atoms with Gasteiger partial charge in [-0.25, -0.2) is 0 Å². The molecule has 1 aliphatic rings. The summed E-state index contributed by atoms with van der Waals surface area (Å²) in [6.45, 7) is 8.20. The highest BCUT2D eigenvalue weighted by molar-refractivity contribution is 6.32. The van der Waals surface area contributed by atoms with Crippen molar-refractivity contribution < 1.29 is 9.21 Å². The highest BCUT2D eigenvalue weighted by atomic mass is 35.5. The van der Waals surface area contributed by atoms with Gasteiger partial charge in [0.05, 0.1) is 17.3 Å². The van der Waals surface area contributed by atoms with Gasteiger partial charge in [-0.1, -0.05) is 32.4 Å². The fraction of sp³-hybridized carbons (Fsp3) is 0.318. The van der Waals surface area contributed by atoms with Crippen LogP contribution in [0.4, 0.5) is 17.1 Å². The molecule has 0 saturated heterocycles. The average Bonchev–Trinajstić information content (AvgIpc) is 3.28. The van der Waals surface area contributed by atoms with Crippen LogP contribution >= 0.6 is 11.6 Å². The van der Waals surface area contributed by atoms with E-state index >= 15 is 0 Å². The van der Waals surface area contributed by atoms with Gasteiger partial charge >= 0.3 is 0 Å². The molecule has 2 heterocycles. The minimum Gasteiger partial charge on any atom is -0.464 e. The van der Waals surface area contributed by atoms with Gasteiger partial charge in [0.25, 0.3) is 16.8 Å². The van der Waals surface area contributed by atoms with Gasteiger partial charge < -0.3 is 20.4 Å². The number of benzene rings is 1. The molecule has 0 saturated carbocycles. The molecule has 30 heavy (non-hydrogen) atoms. The first kappa shape index (κ1) is 20.2. The molecule has 0 fully saturated rings. The molecule has 0 aliphatic carbocycles. The standard InChI is InChI=1S/C22H22ClN3O4/c1-10-5-8-14(30-10)20(22(2,3)4)26-17-16(18(27)19(17)28)25-13-7-6-12(23)11-9-24-21(29)15(11)13/h5-8,20,25-26H,9H2,1-4H3,(H,24,29)/t20-/m0/s1. The molecular weight excluding hydrogens is 406 g/mol. The van der Waals surface area contributed by atoms with E-state index in [1.807, 2.05) is 39.8 Å². The molecule has 1 aliphatic heterocycles. The number of carbonyl (C=O) groups is 1. The number of carbonyl (C=O) groups excluding carboxylic acids is 1. The lowest BCUT2D eigenvalue weighted by atomic mass is 9.85. The van der Waals surface area contributed by atoms with E-state index in [4.69, 9.17) is 16.0 Å². The van der Waals surface area contributed by atoms with Crippen molar-refractivity contribution in [3.05, 3.63) is 72.4 Å². The molecule has 1 amide bonds. The Morgan fingerprint density at radius 3 is 2.40 bits per heavy atom. The Balaban J connectivity index is 1.70. The number of nitrogens with one attached hydrogen (secondary N) is 3. The number of anilines is 3. The Hall–Kier alpha value is -3.06. The summed E-state index contributed by atoms with van der Waals surface area (Å²) >= 11 is 6.18. The van der Waals surface area contributed by atoms with Crippen LogP contribution < -0.4 is 26.8 Å². The summed E-state index contributed by atoms with van der Waals surface area (Å²) in [5, 5.41) is 9.36. The molecular formula is C22H22ClN3O4. The monoisotopic (exact) mass is 427 g/mol. The molecule has 1 aromatic heterocycles. The molecule has 7 nitrogen and oxygen atoms in total. The lowest BCUT2D eigenvalue weighted by molar-refractivity contribution is 0.0966. The zero-order chi connectivity index (χ0) is 21.8. The second-order valence-electron chi connectivity index (χ2n) is 8.56. The molecule has 4 rings (SSSR count). The van der Waals surface area contributed by atoms with Gasteiger partial charge in [-0.05, 0) is 36.6 Å². The van der Waals surface area contributed by atoms with Crippen molar-refractivity contribution in [1.82, 2.24) is 5.32 Å².